The Labute approximate surface area is 112 Å². The van der Waals surface area contributed by atoms with E-state index in [2.05, 4.69) is 11.8 Å². The molecule has 0 radical (unpaired) electrons. The molecule has 3 nitrogen and oxygen atoms in total. The lowest BCUT2D eigenvalue weighted by Crippen LogP contribution is -2.32. The molecule has 1 unspecified atom stereocenters. The van der Waals surface area contributed by atoms with Gasteiger partial charge < -0.3 is 10.6 Å². The maximum atomic E-state index is 12.2. The van der Waals surface area contributed by atoms with Crippen LogP contribution in [-0.2, 0) is 4.79 Å². The van der Waals surface area contributed by atoms with E-state index in [9.17, 15) is 4.79 Å². The summed E-state index contributed by atoms with van der Waals surface area (Å²) >= 11 is 0. The van der Waals surface area contributed by atoms with Crippen LogP contribution in [-0.4, -0.2) is 30.4 Å². The Balaban J connectivity index is 2.28. The maximum absolute atomic E-state index is 12.2. The second-order valence-electron chi connectivity index (χ2n) is 5.57. The van der Waals surface area contributed by atoms with E-state index in [0.717, 1.165) is 38.9 Å². The zero-order valence-electron chi connectivity index (χ0n) is 12.0. The lowest BCUT2D eigenvalue weighted by molar-refractivity contribution is -0.131. The van der Waals surface area contributed by atoms with E-state index in [1.807, 2.05) is 0 Å². The molecule has 2 N–H and O–H groups in total. The highest BCUT2D eigenvalue weighted by molar-refractivity contribution is 5.76. The Morgan fingerprint density at radius 2 is 1.78 bits per heavy atom. The van der Waals surface area contributed by atoms with Crippen LogP contribution >= 0.6 is 0 Å². The molecule has 1 heterocycles. The van der Waals surface area contributed by atoms with Gasteiger partial charge in [-0.15, -0.1) is 0 Å². The molecule has 0 aliphatic carbocycles. The number of amides is 1. The Bertz CT molecular complexity index is 217. The van der Waals surface area contributed by atoms with Gasteiger partial charge in [-0.1, -0.05) is 32.6 Å². The van der Waals surface area contributed by atoms with Crippen LogP contribution in [0.1, 0.15) is 64.7 Å². The van der Waals surface area contributed by atoms with Gasteiger partial charge in [-0.3, -0.25) is 4.79 Å². The summed E-state index contributed by atoms with van der Waals surface area (Å²) in [5.41, 5.74) is 5.63. The Morgan fingerprint density at radius 3 is 2.33 bits per heavy atom. The van der Waals surface area contributed by atoms with Gasteiger partial charge in [0.25, 0.3) is 0 Å². The third-order valence-corrected chi connectivity index (χ3v) is 4.00. The number of hydrogen-bond acceptors (Lipinski definition) is 2. The molecule has 0 saturated carbocycles. The summed E-state index contributed by atoms with van der Waals surface area (Å²) in [4.78, 5) is 14.2. The lowest BCUT2D eigenvalue weighted by Gasteiger charge is -2.22. The first-order valence-corrected chi connectivity index (χ1v) is 7.75. The molecule has 0 aromatic carbocycles. The third-order valence-electron chi connectivity index (χ3n) is 4.00. The van der Waals surface area contributed by atoms with E-state index in [1.165, 1.54) is 38.5 Å². The van der Waals surface area contributed by atoms with Crippen LogP contribution in [0, 0.1) is 5.92 Å². The largest absolute Gasteiger partial charge is 0.343 e. The van der Waals surface area contributed by atoms with Crippen LogP contribution in [0.3, 0.4) is 0 Å². The van der Waals surface area contributed by atoms with E-state index >= 15 is 0 Å². The van der Waals surface area contributed by atoms with Gasteiger partial charge >= 0.3 is 0 Å². The number of carbonyl (C=O) groups is 1. The summed E-state index contributed by atoms with van der Waals surface area (Å²) in [6, 6.07) is 0. The number of carbonyl (C=O) groups excluding carboxylic acids is 1. The van der Waals surface area contributed by atoms with Crippen molar-refractivity contribution in [3.63, 3.8) is 0 Å². The second kappa shape index (κ2) is 9.37. The van der Waals surface area contributed by atoms with Gasteiger partial charge in [-0.2, -0.15) is 0 Å². The molecule has 1 atom stereocenters. The van der Waals surface area contributed by atoms with Crippen molar-refractivity contribution in [2.75, 3.05) is 19.6 Å². The molecule has 0 aromatic rings. The number of nitrogens with two attached hydrogens (primary N) is 1. The van der Waals surface area contributed by atoms with E-state index in [4.69, 9.17) is 5.73 Å². The molecule has 1 aliphatic rings. The van der Waals surface area contributed by atoms with E-state index in [0.29, 0.717) is 11.8 Å². The molecule has 3 heteroatoms. The average molecular weight is 254 g/mol. The summed E-state index contributed by atoms with van der Waals surface area (Å²) in [6.45, 7) is 4.92. The second-order valence-corrected chi connectivity index (χ2v) is 5.57. The smallest absolute Gasteiger partial charge is 0.222 e. The first kappa shape index (κ1) is 15.5. The molecule has 1 amide bonds. The molecule has 106 valence electrons. The van der Waals surface area contributed by atoms with Gasteiger partial charge in [-0.05, 0) is 38.1 Å². The van der Waals surface area contributed by atoms with Gasteiger partial charge in [-0.25, -0.2) is 0 Å². The van der Waals surface area contributed by atoms with E-state index in [1.54, 1.807) is 0 Å². The lowest BCUT2D eigenvalue weighted by atomic mass is 9.94. The predicted molar refractivity (Wildman–Crippen MR) is 76.4 cm³/mol. The number of likely N-dealkylation sites (tertiary alicyclic amines) is 1. The van der Waals surface area contributed by atoms with Crippen LogP contribution < -0.4 is 5.73 Å². The van der Waals surface area contributed by atoms with Crippen molar-refractivity contribution < 1.29 is 4.79 Å². The summed E-state index contributed by atoms with van der Waals surface area (Å²) < 4.78 is 0. The summed E-state index contributed by atoms with van der Waals surface area (Å²) in [5.74, 6) is 1.02. The summed E-state index contributed by atoms with van der Waals surface area (Å²) in [5, 5.41) is 0. The Morgan fingerprint density at radius 1 is 1.11 bits per heavy atom. The number of rotatable bonds is 7. The first-order chi connectivity index (χ1) is 8.77. The fourth-order valence-corrected chi connectivity index (χ4v) is 2.88. The first-order valence-electron chi connectivity index (χ1n) is 7.75. The van der Waals surface area contributed by atoms with Crippen molar-refractivity contribution in [3.8, 4) is 0 Å². The van der Waals surface area contributed by atoms with Crippen LogP contribution in [0.25, 0.3) is 0 Å². The van der Waals surface area contributed by atoms with Crippen molar-refractivity contribution in [1.82, 2.24) is 4.90 Å². The number of hydrogen-bond donors (Lipinski definition) is 1. The van der Waals surface area contributed by atoms with Crippen molar-refractivity contribution in [1.29, 1.82) is 0 Å². The van der Waals surface area contributed by atoms with Crippen molar-refractivity contribution in [2.45, 2.75) is 64.7 Å². The SMILES string of the molecule is CCCC(CCN)CCC(=O)N1CCCCCC1. The van der Waals surface area contributed by atoms with Crippen molar-refractivity contribution in [2.24, 2.45) is 11.7 Å². The highest BCUT2D eigenvalue weighted by Crippen LogP contribution is 2.18. The Kier molecular flexibility index (Phi) is 8.06. The predicted octanol–water partition coefficient (Wildman–Crippen LogP) is 2.93. The number of nitrogens with zero attached hydrogens (tertiary/aromatic N) is 1. The standard InChI is InChI=1S/C15H30N2O/c1-2-7-14(10-11-16)8-9-15(18)17-12-5-3-4-6-13-17/h14H,2-13,16H2,1H3. The van der Waals surface area contributed by atoms with Crippen LogP contribution in [0.5, 0.6) is 0 Å². The van der Waals surface area contributed by atoms with Gasteiger partial charge in [0, 0.05) is 19.5 Å². The molecular formula is C15H30N2O. The van der Waals surface area contributed by atoms with Crippen LogP contribution in [0.4, 0.5) is 0 Å². The molecule has 18 heavy (non-hydrogen) atoms. The molecular weight excluding hydrogens is 224 g/mol. The molecule has 0 spiro atoms. The van der Waals surface area contributed by atoms with E-state index in [-0.39, 0.29) is 0 Å². The fraction of sp³-hybridized carbons (Fsp3) is 0.933. The summed E-state index contributed by atoms with van der Waals surface area (Å²) in [6.07, 6.45) is 10.2. The molecule has 1 rings (SSSR count). The van der Waals surface area contributed by atoms with Crippen LogP contribution in [0.2, 0.25) is 0 Å². The molecule has 1 saturated heterocycles. The van der Waals surface area contributed by atoms with Crippen molar-refractivity contribution in [3.05, 3.63) is 0 Å². The van der Waals surface area contributed by atoms with Gasteiger partial charge in [0.2, 0.25) is 5.91 Å². The Hall–Kier alpha value is -0.570. The van der Waals surface area contributed by atoms with E-state index < -0.39 is 0 Å². The normalized spacial score (nSPS) is 18.4. The quantitative estimate of drug-likeness (QED) is 0.759. The topological polar surface area (TPSA) is 46.3 Å². The fourth-order valence-electron chi connectivity index (χ4n) is 2.88. The minimum Gasteiger partial charge on any atom is -0.343 e. The van der Waals surface area contributed by atoms with Gasteiger partial charge in [0.05, 0.1) is 0 Å². The molecule has 1 fully saturated rings. The average Bonchev–Trinajstić information content (AvgIpc) is 2.65. The van der Waals surface area contributed by atoms with Crippen LogP contribution in [0.15, 0.2) is 0 Å². The highest BCUT2D eigenvalue weighted by Gasteiger charge is 2.17. The zero-order valence-corrected chi connectivity index (χ0v) is 12.0. The minimum absolute atomic E-state index is 0.370. The summed E-state index contributed by atoms with van der Waals surface area (Å²) in [7, 11) is 0. The van der Waals surface area contributed by atoms with Gasteiger partial charge in [0.1, 0.15) is 0 Å². The molecule has 0 aromatic heterocycles. The molecule has 0 bridgehead atoms. The van der Waals surface area contributed by atoms with Crippen molar-refractivity contribution >= 4 is 5.91 Å². The maximum Gasteiger partial charge on any atom is 0.222 e. The minimum atomic E-state index is 0.370. The monoisotopic (exact) mass is 254 g/mol. The highest BCUT2D eigenvalue weighted by atomic mass is 16.2. The third kappa shape index (κ3) is 5.85. The zero-order chi connectivity index (χ0) is 13.2. The van der Waals surface area contributed by atoms with Gasteiger partial charge in [0.15, 0.2) is 0 Å². The molecule has 1 aliphatic heterocycles.